The summed E-state index contributed by atoms with van der Waals surface area (Å²) in [4.78, 5) is 26.7. The number of rotatable bonds is 4. The fraction of sp³-hybridized carbons (Fsp3) is 0.700. The van der Waals surface area contributed by atoms with Crippen molar-refractivity contribution in [3.05, 3.63) is 16.0 Å². The van der Waals surface area contributed by atoms with Gasteiger partial charge in [0, 0.05) is 17.0 Å². The van der Waals surface area contributed by atoms with E-state index in [1.165, 1.54) is 17.8 Å². The maximum Gasteiger partial charge on any atom is 0.341 e. The summed E-state index contributed by atoms with van der Waals surface area (Å²) in [6.45, 7) is 5.09. The van der Waals surface area contributed by atoms with E-state index in [2.05, 4.69) is 5.32 Å². The van der Waals surface area contributed by atoms with Crippen molar-refractivity contribution in [3.8, 4) is 0 Å². The molecule has 1 aromatic rings. The van der Waals surface area contributed by atoms with E-state index in [0.717, 1.165) is 36.1 Å². The fourth-order valence-corrected chi connectivity index (χ4v) is 5.63. The Kier molecular flexibility index (Phi) is 5.93. The van der Waals surface area contributed by atoms with Crippen LogP contribution in [0.5, 0.6) is 0 Å². The van der Waals surface area contributed by atoms with Crippen LogP contribution < -0.4 is 5.32 Å². The average Bonchev–Trinajstić information content (AvgIpc) is 3.14. The molecule has 1 saturated carbocycles. The molecule has 2 fully saturated rings. The second kappa shape index (κ2) is 7.89. The predicted molar refractivity (Wildman–Crippen MR) is 104 cm³/mol. The van der Waals surface area contributed by atoms with E-state index >= 15 is 0 Å². The first-order chi connectivity index (χ1) is 12.5. The molecular weight excluding hydrogens is 366 g/mol. The second-order valence-electron chi connectivity index (χ2n) is 7.36. The van der Waals surface area contributed by atoms with Crippen molar-refractivity contribution in [3.63, 3.8) is 0 Å². The lowest BCUT2D eigenvalue weighted by atomic mass is 9.74. The molecule has 1 amide bonds. The highest BCUT2D eigenvalue weighted by atomic mass is 32.1. The molecule has 2 aliphatic heterocycles. The van der Waals surface area contributed by atoms with Crippen LogP contribution in [0.1, 0.15) is 80.3 Å². The van der Waals surface area contributed by atoms with Crippen LogP contribution in [0.3, 0.4) is 0 Å². The average molecular weight is 396 g/mol. The van der Waals surface area contributed by atoms with Crippen LogP contribution in [-0.4, -0.2) is 30.7 Å². The molecule has 27 heavy (non-hydrogen) atoms. The van der Waals surface area contributed by atoms with E-state index < -0.39 is 11.6 Å². The lowest BCUT2D eigenvalue weighted by molar-refractivity contribution is -0.159. The van der Waals surface area contributed by atoms with Crippen LogP contribution in [0.4, 0.5) is 5.00 Å². The van der Waals surface area contributed by atoms with Crippen molar-refractivity contribution in [1.82, 2.24) is 0 Å². The molecule has 7 heteroatoms. The monoisotopic (exact) mass is 395 g/mol. The van der Waals surface area contributed by atoms with Crippen LogP contribution in [0.2, 0.25) is 0 Å². The molecule has 0 radical (unpaired) electrons. The number of fused-ring (bicyclic) bond motifs is 3. The van der Waals surface area contributed by atoms with E-state index in [0.29, 0.717) is 36.3 Å². The third kappa shape index (κ3) is 3.52. The second-order valence-corrected chi connectivity index (χ2v) is 8.47. The largest absolute Gasteiger partial charge is 0.462 e. The van der Waals surface area contributed by atoms with Crippen LogP contribution >= 0.6 is 11.3 Å². The summed E-state index contributed by atoms with van der Waals surface area (Å²) >= 11 is 1.41. The van der Waals surface area contributed by atoms with Crippen molar-refractivity contribution >= 4 is 28.2 Å². The summed E-state index contributed by atoms with van der Waals surface area (Å²) in [6.07, 6.45) is 4.57. The molecule has 2 bridgehead atoms. The lowest BCUT2D eigenvalue weighted by Crippen LogP contribution is -2.51. The summed E-state index contributed by atoms with van der Waals surface area (Å²) < 4.78 is 16.8. The van der Waals surface area contributed by atoms with Gasteiger partial charge in [0.2, 0.25) is 0 Å². The van der Waals surface area contributed by atoms with Gasteiger partial charge in [-0.3, -0.25) is 4.79 Å². The van der Waals surface area contributed by atoms with Gasteiger partial charge in [0.05, 0.1) is 19.3 Å². The molecular formula is C20H29NO5S. The molecule has 150 valence electrons. The number of thiophene rings is 1. The molecule has 3 heterocycles. The van der Waals surface area contributed by atoms with Gasteiger partial charge in [-0.15, -0.1) is 11.3 Å². The topological polar surface area (TPSA) is 73.9 Å². The SMILES string of the molecule is C.CCOC(=O)c1c(NC(=O)C23CCCC(CCO2)C3)sc2c1C(C)OC2. The zero-order chi connectivity index (χ0) is 18.3. The van der Waals surface area contributed by atoms with Gasteiger partial charge in [0.15, 0.2) is 0 Å². The van der Waals surface area contributed by atoms with Gasteiger partial charge in [-0.05, 0) is 45.4 Å². The molecule has 1 saturated heterocycles. The van der Waals surface area contributed by atoms with Crippen LogP contribution in [-0.2, 0) is 25.6 Å². The summed E-state index contributed by atoms with van der Waals surface area (Å²) in [5, 5.41) is 3.58. The van der Waals surface area contributed by atoms with E-state index in [1.54, 1.807) is 6.92 Å². The number of carbonyl (C=O) groups is 2. The molecule has 4 rings (SSSR count). The lowest BCUT2D eigenvalue weighted by Gasteiger charge is -2.43. The molecule has 3 unspecified atom stereocenters. The van der Waals surface area contributed by atoms with Crippen molar-refractivity contribution < 1.29 is 23.8 Å². The smallest absolute Gasteiger partial charge is 0.341 e. The van der Waals surface area contributed by atoms with Gasteiger partial charge < -0.3 is 19.5 Å². The highest BCUT2D eigenvalue weighted by Gasteiger charge is 2.47. The normalized spacial score (nSPS) is 28.8. The Morgan fingerprint density at radius 2 is 2.19 bits per heavy atom. The quantitative estimate of drug-likeness (QED) is 0.763. The van der Waals surface area contributed by atoms with Crippen molar-refractivity contribution in [2.75, 3.05) is 18.5 Å². The minimum absolute atomic E-state index is 0. The molecule has 6 nitrogen and oxygen atoms in total. The number of esters is 1. The number of hydrogen-bond donors (Lipinski definition) is 1. The standard InChI is InChI=1S/C19H25NO5S.CH4/c1-3-23-17(21)15-14-11(2)24-10-13(14)26-16(15)20-18(22)19-7-4-5-12(9-19)6-8-25-19;/h11-12H,3-10H2,1-2H3,(H,20,22);1H4. The van der Waals surface area contributed by atoms with Crippen molar-refractivity contribution in [2.24, 2.45) is 5.92 Å². The third-order valence-electron chi connectivity index (χ3n) is 5.73. The van der Waals surface area contributed by atoms with Gasteiger partial charge >= 0.3 is 5.97 Å². The van der Waals surface area contributed by atoms with E-state index in [9.17, 15) is 9.59 Å². The van der Waals surface area contributed by atoms with Gasteiger partial charge in [0.1, 0.15) is 16.2 Å². The molecule has 0 aromatic carbocycles. The number of anilines is 1. The Balaban J connectivity index is 0.00000210. The van der Waals surface area contributed by atoms with Gasteiger partial charge in [-0.25, -0.2) is 4.79 Å². The number of ether oxygens (including phenoxy) is 3. The van der Waals surface area contributed by atoms with Gasteiger partial charge in [-0.2, -0.15) is 0 Å². The maximum absolute atomic E-state index is 13.1. The highest BCUT2D eigenvalue weighted by molar-refractivity contribution is 7.17. The van der Waals surface area contributed by atoms with Crippen molar-refractivity contribution in [2.45, 2.75) is 71.7 Å². The first-order valence-electron chi connectivity index (χ1n) is 9.44. The summed E-state index contributed by atoms with van der Waals surface area (Å²) in [6, 6.07) is 0. The number of amides is 1. The molecule has 1 N–H and O–H groups in total. The van der Waals surface area contributed by atoms with Crippen LogP contribution in [0, 0.1) is 5.92 Å². The van der Waals surface area contributed by atoms with Gasteiger partial charge in [0.25, 0.3) is 5.91 Å². The third-order valence-corrected chi connectivity index (χ3v) is 6.82. The first kappa shape index (κ1) is 20.3. The summed E-state index contributed by atoms with van der Waals surface area (Å²) in [5.41, 5.74) is 0.556. The predicted octanol–water partition coefficient (Wildman–Crippen LogP) is 4.44. The maximum atomic E-state index is 13.1. The van der Waals surface area contributed by atoms with E-state index in [1.807, 2.05) is 6.92 Å². The molecule has 3 atom stereocenters. The van der Waals surface area contributed by atoms with E-state index in [4.69, 9.17) is 14.2 Å². The highest BCUT2D eigenvalue weighted by Crippen LogP contribution is 2.46. The number of hydrogen-bond acceptors (Lipinski definition) is 6. The van der Waals surface area contributed by atoms with Crippen LogP contribution in [0.15, 0.2) is 0 Å². The molecule has 1 aromatic heterocycles. The van der Waals surface area contributed by atoms with Gasteiger partial charge in [-0.1, -0.05) is 13.8 Å². The molecule has 0 spiro atoms. The Labute approximate surface area is 164 Å². The Hall–Kier alpha value is -1.44. The Bertz CT molecular complexity index is 718. The Morgan fingerprint density at radius 3 is 2.96 bits per heavy atom. The van der Waals surface area contributed by atoms with Crippen molar-refractivity contribution in [1.29, 1.82) is 0 Å². The minimum atomic E-state index is -0.746. The minimum Gasteiger partial charge on any atom is -0.462 e. The molecule has 3 aliphatic rings. The fourth-order valence-electron chi connectivity index (χ4n) is 4.44. The van der Waals surface area contributed by atoms with E-state index in [-0.39, 0.29) is 19.4 Å². The Morgan fingerprint density at radius 1 is 1.37 bits per heavy atom. The zero-order valence-electron chi connectivity index (χ0n) is 15.3. The van der Waals surface area contributed by atoms with Crippen LogP contribution in [0.25, 0.3) is 0 Å². The number of carbonyl (C=O) groups excluding carboxylic acids is 2. The first-order valence-corrected chi connectivity index (χ1v) is 10.3. The summed E-state index contributed by atoms with van der Waals surface area (Å²) in [5.74, 6) is 0.0386. The summed E-state index contributed by atoms with van der Waals surface area (Å²) in [7, 11) is 0. The number of nitrogens with one attached hydrogen (secondary N) is 1. The molecule has 1 aliphatic carbocycles. The zero-order valence-corrected chi connectivity index (χ0v) is 16.1.